The minimum absolute atomic E-state index is 0.225. The quantitative estimate of drug-likeness (QED) is 0.418. The van der Waals surface area contributed by atoms with E-state index in [0.717, 1.165) is 12.8 Å². The van der Waals surface area contributed by atoms with E-state index in [2.05, 4.69) is 23.7 Å². The van der Waals surface area contributed by atoms with Crippen LogP contribution in [0.25, 0.3) is 0 Å². The van der Waals surface area contributed by atoms with Gasteiger partial charge in [-0.15, -0.1) is 0 Å². The maximum absolute atomic E-state index is 9.09. The first-order valence-electron chi connectivity index (χ1n) is 5.43. The Labute approximate surface area is 97.7 Å². The largest absolute Gasteiger partial charge is 0.396 e. The molecule has 2 heteroatoms. The highest BCUT2D eigenvalue weighted by atomic mass is 16.3. The van der Waals surface area contributed by atoms with Gasteiger partial charge in [-0.3, -0.25) is 0 Å². The van der Waals surface area contributed by atoms with Gasteiger partial charge in [-0.05, 0) is 37.2 Å². The molecule has 0 radical (unpaired) electrons. The Morgan fingerprint density at radius 3 is 2.75 bits per heavy atom. The molecule has 0 aliphatic rings. The molecule has 1 unspecified atom stereocenters. The summed E-state index contributed by atoms with van der Waals surface area (Å²) in [5.74, 6) is 10.5. The Kier molecular flexibility index (Phi) is 10.5. The minimum Gasteiger partial charge on any atom is -0.396 e. The van der Waals surface area contributed by atoms with Crippen LogP contribution in [0.4, 0.5) is 0 Å². The summed E-state index contributed by atoms with van der Waals surface area (Å²) in [6.07, 6.45) is 9.09. The molecule has 0 heterocycles. The predicted molar refractivity (Wildman–Crippen MR) is 66.4 cm³/mol. The van der Waals surface area contributed by atoms with Crippen molar-refractivity contribution in [2.45, 2.75) is 32.3 Å². The zero-order valence-corrected chi connectivity index (χ0v) is 9.61. The third kappa shape index (κ3) is 10.6. The van der Waals surface area contributed by atoms with Crippen LogP contribution in [0.15, 0.2) is 24.3 Å². The molecular formula is C14H18O2. The number of unbranched alkanes of at least 4 members (excludes halogenated alkanes) is 1. The molecule has 86 valence electrons. The molecule has 0 aliphatic carbocycles. The van der Waals surface area contributed by atoms with E-state index in [-0.39, 0.29) is 6.61 Å². The lowest BCUT2D eigenvalue weighted by Crippen LogP contribution is -1.98. The van der Waals surface area contributed by atoms with Crippen LogP contribution in [0.5, 0.6) is 0 Å². The standard InChI is InChI=1S/C14H18O2/c1-2-14(16)12-10-8-6-4-3-5-7-9-11-13-15/h3-5,7,14-16H,2,9,11,13H2,1H3/b4-3+,7-5+. The van der Waals surface area contributed by atoms with Crippen LogP contribution in [0, 0.1) is 23.7 Å². The summed E-state index contributed by atoms with van der Waals surface area (Å²) < 4.78 is 0. The molecule has 0 aromatic rings. The second-order valence-electron chi connectivity index (χ2n) is 3.12. The van der Waals surface area contributed by atoms with E-state index in [1.165, 1.54) is 0 Å². The number of aliphatic hydroxyl groups is 2. The summed E-state index contributed by atoms with van der Waals surface area (Å²) >= 11 is 0. The van der Waals surface area contributed by atoms with Gasteiger partial charge in [0.15, 0.2) is 0 Å². The number of aliphatic hydroxyl groups excluding tert-OH is 2. The molecule has 2 nitrogen and oxygen atoms in total. The summed E-state index contributed by atoms with van der Waals surface area (Å²) in [5, 5.41) is 17.6. The predicted octanol–water partition coefficient (Wildman–Crippen LogP) is 1.65. The van der Waals surface area contributed by atoms with Crippen LogP contribution < -0.4 is 0 Å². The summed E-state index contributed by atoms with van der Waals surface area (Å²) in [7, 11) is 0. The van der Waals surface area contributed by atoms with Crippen molar-refractivity contribution in [3.8, 4) is 23.7 Å². The van der Waals surface area contributed by atoms with Crippen LogP contribution in [0.2, 0.25) is 0 Å². The summed E-state index contributed by atoms with van der Waals surface area (Å²) in [6, 6.07) is 0. The summed E-state index contributed by atoms with van der Waals surface area (Å²) in [5.41, 5.74) is 0. The first-order valence-corrected chi connectivity index (χ1v) is 5.43. The van der Waals surface area contributed by atoms with Crippen molar-refractivity contribution in [2.75, 3.05) is 6.61 Å². The van der Waals surface area contributed by atoms with Gasteiger partial charge in [0.2, 0.25) is 0 Å². The highest BCUT2D eigenvalue weighted by Crippen LogP contribution is 1.89. The van der Waals surface area contributed by atoms with Crippen molar-refractivity contribution in [1.82, 2.24) is 0 Å². The highest BCUT2D eigenvalue weighted by Gasteiger charge is 1.88. The highest BCUT2D eigenvalue weighted by molar-refractivity contribution is 5.32. The Balaban J connectivity index is 3.77. The van der Waals surface area contributed by atoms with Gasteiger partial charge >= 0.3 is 0 Å². The van der Waals surface area contributed by atoms with Gasteiger partial charge in [0.05, 0.1) is 0 Å². The zero-order valence-electron chi connectivity index (χ0n) is 9.61. The van der Waals surface area contributed by atoms with Crippen LogP contribution in [0.3, 0.4) is 0 Å². The van der Waals surface area contributed by atoms with Crippen LogP contribution in [0.1, 0.15) is 26.2 Å². The molecule has 16 heavy (non-hydrogen) atoms. The lowest BCUT2D eigenvalue weighted by Gasteiger charge is -1.91. The van der Waals surface area contributed by atoms with Crippen molar-refractivity contribution in [1.29, 1.82) is 0 Å². The molecular weight excluding hydrogens is 200 g/mol. The minimum atomic E-state index is -0.573. The fourth-order valence-corrected chi connectivity index (χ4v) is 0.787. The molecule has 0 spiro atoms. The molecule has 0 aromatic carbocycles. The monoisotopic (exact) mass is 218 g/mol. The van der Waals surface area contributed by atoms with Gasteiger partial charge in [-0.25, -0.2) is 0 Å². The lowest BCUT2D eigenvalue weighted by molar-refractivity contribution is 0.228. The van der Waals surface area contributed by atoms with Crippen molar-refractivity contribution in [2.24, 2.45) is 0 Å². The molecule has 0 saturated heterocycles. The van der Waals surface area contributed by atoms with Crippen LogP contribution in [-0.4, -0.2) is 22.9 Å². The molecule has 0 amide bonds. The van der Waals surface area contributed by atoms with Crippen LogP contribution >= 0.6 is 0 Å². The Morgan fingerprint density at radius 2 is 2.06 bits per heavy atom. The van der Waals surface area contributed by atoms with Gasteiger partial charge < -0.3 is 10.2 Å². The van der Waals surface area contributed by atoms with Gasteiger partial charge in [-0.1, -0.05) is 37.0 Å². The second-order valence-corrected chi connectivity index (χ2v) is 3.12. The molecule has 0 bridgehead atoms. The lowest BCUT2D eigenvalue weighted by atomic mass is 10.3. The smallest absolute Gasteiger partial charge is 0.115 e. The average Bonchev–Trinajstić information content (AvgIpc) is 2.31. The van der Waals surface area contributed by atoms with Crippen molar-refractivity contribution in [3.63, 3.8) is 0 Å². The summed E-state index contributed by atoms with van der Waals surface area (Å²) in [6.45, 7) is 2.09. The fourth-order valence-electron chi connectivity index (χ4n) is 0.787. The first kappa shape index (κ1) is 14.5. The van der Waals surface area contributed by atoms with E-state index in [9.17, 15) is 0 Å². The molecule has 0 saturated carbocycles. The Bertz CT molecular complexity index is 331. The van der Waals surface area contributed by atoms with E-state index < -0.39 is 6.10 Å². The number of allylic oxidation sites excluding steroid dienone is 4. The Hall–Kier alpha value is -1.48. The first-order chi connectivity index (χ1) is 7.81. The van der Waals surface area contributed by atoms with Crippen molar-refractivity contribution >= 4 is 0 Å². The third-order valence-electron chi connectivity index (χ3n) is 1.72. The topological polar surface area (TPSA) is 40.5 Å². The van der Waals surface area contributed by atoms with Crippen molar-refractivity contribution in [3.05, 3.63) is 24.3 Å². The van der Waals surface area contributed by atoms with Gasteiger partial charge in [0.1, 0.15) is 6.10 Å². The number of hydrogen-bond acceptors (Lipinski definition) is 2. The van der Waals surface area contributed by atoms with Gasteiger partial charge in [0, 0.05) is 6.61 Å². The van der Waals surface area contributed by atoms with E-state index in [4.69, 9.17) is 10.2 Å². The molecule has 0 rings (SSSR count). The normalized spacial score (nSPS) is 11.9. The zero-order chi connectivity index (χ0) is 12.1. The van der Waals surface area contributed by atoms with Gasteiger partial charge in [-0.2, -0.15) is 0 Å². The van der Waals surface area contributed by atoms with E-state index in [0.29, 0.717) is 6.42 Å². The molecule has 0 aliphatic heterocycles. The van der Waals surface area contributed by atoms with Gasteiger partial charge in [0.25, 0.3) is 0 Å². The fraction of sp³-hybridized carbons (Fsp3) is 0.429. The maximum Gasteiger partial charge on any atom is 0.115 e. The average molecular weight is 218 g/mol. The maximum atomic E-state index is 9.09. The molecule has 0 aromatic heterocycles. The molecule has 0 fully saturated rings. The Morgan fingerprint density at radius 1 is 1.25 bits per heavy atom. The van der Waals surface area contributed by atoms with Crippen molar-refractivity contribution < 1.29 is 10.2 Å². The van der Waals surface area contributed by atoms with E-state index >= 15 is 0 Å². The number of hydrogen-bond donors (Lipinski definition) is 2. The van der Waals surface area contributed by atoms with E-state index in [1.54, 1.807) is 6.08 Å². The molecule has 2 N–H and O–H groups in total. The van der Waals surface area contributed by atoms with Crippen LogP contribution in [-0.2, 0) is 0 Å². The second kappa shape index (κ2) is 11.6. The van der Waals surface area contributed by atoms with E-state index in [1.807, 2.05) is 25.2 Å². The molecule has 1 atom stereocenters. The summed E-state index contributed by atoms with van der Waals surface area (Å²) in [4.78, 5) is 0. The SMILES string of the molecule is CCC(O)C#CC#C/C=C/C=C/CCCO. The number of rotatable bonds is 5. The third-order valence-corrected chi connectivity index (χ3v) is 1.72.